The zero-order valence-corrected chi connectivity index (χ0v) is 12.1. The molecule has 1 saturated carbocycles. The maximum absolute atomic E-state index is 11.6. The normalized spacial score (nSPS) is 21.5. The van der Waals surface area contributed by atoms with E-state index in [0.29, 0.717) is 11.5 Å². The number of carbonyl (C=O) groups excluding carboxylic acids is 2. The van der Waals surface area contributed by atoms with Gasteiger partial charge in [-0.2, -0.15) is 0 Å². The maximum Gasteiger partial charge on any atom is 0.340 e. The van der Waals surface area contributed by atoms with Gasteiger partial charge in [0.25, 0.3) is 0 Å². The molecule has 1 aliphatic carbocycles. The number of carbonyl (C=O) groups is 3. The monoisotopic (exact) mass is 307 g/mol. The van der Waals surface area contributed by atoms with Crippen molar-refractivity contribution in [2.75, 3.05) is 0 Å². The van der Waals surface area contributed by atoms with E-state index >= 15 is 0 Å². The van der Waals surface area contributed by atoms with E-state index in [1.165, 1.54) is 0 Å². The molecular formula is C13H13N3O4S. The number of nitrogens with zero attached hydrogens (tertiary/aromatic N) is 2. The lowest BCUT2D eigenvalue weighted by Gasteiger charge is -2.11. The first-order valence-electron chi connectivity index (χ1n) is 6.58. The van der Waals surface area contributed by atoms with Crippen LogP contribution in [0.5, 0.6) is 0 Å². The first-order valence-corrected chi connectivity index (χ1v) is 7.46. The van der Waals surface area contributed by atoms with Gasteiger partial charge in [-0.3, -0.25) is 14.9 Å². The van der Waals surface area contributed by atoms with Gasteiger partial charge in [-0.25, -0.2) is 14.8 Å². The molecule has 1 aromatic heterocycles. The SMILES string of the molecule is Cc1nc(C2CC2)nc(SC2CC(=O)NC2=O)c1C(=O)O. The van der Waals surface area contributed by atoms with E-state index in [1.54, 1.807) is 6.92 Å². The van der Waals surface area contributed by atoms with Crippen LogP contribution in [0.1, 0.15) is 47.1 Å². The van der Waals surface area contributed by atoms with Crippen molar-refractivity contribution in [1.29, 1.82) is 0 Å². The average molecular weight is 307 g/mol. The number of thioether (sulfide) groups is 1. The Balaban J connectivity index is 1.96. The van der Waals surface area contributed by atoms with Crippen molar-refractivity contribution in [1.82, 2.24) is 15.3 Å². The summed E-state index contributed by atoms with van der Waals surface area (Å²) in [5.74, 6) is -0.954. The van der Waals surface area contributed by atoms with Crippen molar-refractivity contribution in [2.45, 2.75) is 42.4 Å². The second-order valence-electron chi connectivity index (χ2n) is 5.15. The number of aromatic nitrogens is 2. The number of amides is 2. The minimum absolute atomic E-state index is 0.0107. The number of aryl methyl sites for hydroxylation is 1. The fourth-order valence-electron chi connectivity index (χ4n) is 2.18. The number of rotatable bonds is 4. The second-order valence-corrected chi connectivity index (χ2v) is 6.34. The van der Waals surface area contributed by atoms with Gasteiger partial charge in [-0.1, -0.05) is 11.8 Å². The predicted octanol–water partition coefficient (Wildman–Crippen LogP) is 0.868. The largest absolute Gasteiger partial charge is 0.478 e. The van der Waals surface area contributed by atoms with Crippen molar-refractivity contribution in [3.63, 3.8) is 0 Å². The van der Waals surface area contributed by atoms with Gasteiger partial charge in [-0.05, 0) is 19.8 Å². The van der Waals surface area contributed by atoms with Crippen molar-refractivity contribution in [3.8, 4) is 0 Å². The van der Waals surface area contributed by atoms with Crippen LogP contribution in [0, 0.1) is 6.92 Å². The fraction of sp³-hybridized carbons (Fsp3) is 0.462. The molecule has 2 heterocycles. The summed E-state index contributed by atoms with van der Waals surface area (Å²) in [5, 5.41) is 11.2. The third kappa shape index (κ3) is 2.76. The van der Waals surface area contributed by atoms with Gasteiger partial charge in [0.2, 0.25) is 11.8 Å². The number of carboxylic acids is 1. The lowest BCUT2D eigenvalue weighted by Crippen LogP contribution is -2.23. The summed E-state index contributed by atoms with van der Waals surface area (Å²) < 4.78 is 0. The molecule has 1 unspecified atom stereocenters. The molecule has 1 aromatic rings. The molecule has 0 radical (unpaired) electrons. The summed E-state index contributed by atoms with van der Waals surface area (Å²) >= 11 is 1.03. The molecule has 21 heavy (non-hydrogen) atoms. The van der Waals surface area contributed by atoms with E-state index in [4.69, 9.17) is 0 Å². The molecular weight excluding hydrogens is 294 g/mol. The van der Waals surface area contributed by atoms with E-state index in [2.05, 4.69) is 15.3 Å². The minimum atomic E-state index is -1.12. The van der Waals surface area contributed by atoms with Crippen LogP contribution in [0.15, 0.2) is 5.03 Å². The Morgan fingerprint density at radius 2 is 2.05 bits per heavy atom. The maximum atomic E-state index is 11.6. The van der Waals surface area contributed by atoms with Gasteiger partial charge >= 0.3 is 5.97 Å². The van der Waals surface area contributed by atoms with E-state index in [0.717, 1.165) is 24.6 Å². The van der Waals surface area contributed by atoms with Crippen LogP contribution in [-0.4, -0.2) is 38.1 Å². The molecule has 3 rings (SSSR count). The topological polar surface area (TPSA) is 109 Å². The van der Waals surface area contributed by atoms with Gasteiger partial charge < -0.3 is 5.11 Å². The molecule has 2 N–H and O–H groups in total. The zero-order chi connectivity index (χ0) is 15.1. The molecule has 1 atom stereocenters. The zero-order valence-electron chi connectivity index (χ0n) is 11.3. The molecule has 2 amide bonds. The number of carboxylic acid groups (broad SMARTS) is 1. The minimum Gasteiger partial charge on any atom is -0.478 e. The van der Waals surface area contributed by atoms with Crippen molar-refractivity contribution in [2.24, 2.45) is 0 Å². The highest BCUT2D eigenvalue weighted by Crippen LogP contribution is 2.40. The van der Waals surface area contributed by atoms with Gasteiger partial charge in [0, 0.05) is 12.3 Å². The van der Waals surface area contributed by atoms with Crippen molar-refractivity contribution < 1.29 is 19.5 Å². The summed E-state index contributed by atoms with van der Waals surface area (Å²) in [4.78, 5) is 42.8. The highest BCUT2D eigenvalue weighted by atomic mass is 32.2. The summed E-state index contributed by atoms with van der Waals surface area (Å²) in [6.45, 7) is 1.63. The van der Waals surface area contributed by atoms with Crippen LogP contribution in [0.25, 0.3) is 0 Å². The van der Waals surface area contributed by atoms with Crippen LogP contribution in [0.4, 0.5) is 0 Å². The van der Waals surface area contributed by atoms with Gasteiger partial charge in [0.1, 0.15) is 16.4 Å². The standard InChI is InChI=1S/C13H13N3O4S/c1-5-9(13(19)20)12(16-10(14-5)6-2-3-6)21-7-4-8(17)15-11(7)18/h6-7H,2-4H2,1H3,(H,19,20)(H,15,17,18). The quantitative estimate of drug-likeness (QED) is 0.627. The molecule has 0 spiro atoms. The molecule has 8 heteroatoms. The highest BCUT2D eigenvalue weighted by molar-refractivity contribution is 8.00. The third-order valence-electron chi connectivity index (χ3n) is 3.41. The second kappa shape index (κ2) is 5.10. The molecule has 2 aliphatic rings. The van der Waals surface area contributed by atoms with E-state index in [1.807, 2.05) is 0 Å². The van der Waals surface area contributed by atoms with Crippen LogP contribution < -0.4 is 5.32 Å². The lowest BCUT2D eigenvalue weighted by atomic mass is 10.2. The van der Waals surface area contributed by atoms with E-state index < -0.39 is 17.1 Å². The Hall–Kier alpha value is -1.96. The Bertz CT molecular complexity index is 657. The third-order valence-corrected chi connectivity index (χ3v) is 4.59. The smallest absolute Gasteiger partial charge is 0.340 e. The summed E-state index contributed by atoms with van der Waals surface area (Å²) in [5.41, 5.74) is 0.406. The van der Waals surface area contributed by atoms with Gasteiger partial charge in [-0.15, -0.1) is 0 Å². The highest BCUT2D eigenvalue weighted by Gasteiger charge is 2.35. The van der Waals surface area contributed by atoms with Gasteiger partial charge in [0.05, 0.1) is 10.9 Å². The van der Waals surface area contributed by atoms with Crippen LogP contribution in [0.3, 0.4) is 0 Å². The molecule has 1 saturated heterocycles. The Kier molecular flexibility index (Phi) is 3.40. The first kappa shape index (κ1) is 14.0. The first-order chi connectivity index (χ1) is 9.95. The van der Waals surface area contributed by atoms with Crippen molar-refractivity contribution >= 4 is 29.5 Å². The van der Waals surface area contributed by atoms with Crippen LogP contribution >= 0.6 is 11.8 Å². The Labute approximate surface area is 124 Å². The molecule has 0 bridgehead atoms. The fourth-order valence-corrected chi connectivity index (χ4v) is 3.35. The van der Waals surface area contributed by atoms with Crippen molar-refractivity contribution in [3.05, 3.63) is 17.1 Å². The predicted molar refractivity (Wildman–Crippen MR) is 73.1 cm³/mol. The number of nitrogens with one attached hydrogen (secondary N) is 1. The summed E-state index contributed by atoms with van der Waals surface area (Å²) in [6.07, 6.45) is 2.04. The van der Waals surface area contributed by atoms with Gasteiger partial charge in [0.15, 0.2) is 0 Å². The number of imide groups is 1. The molecule has 2 fully saturated rings. The van der Waals surface area contributed by atoms with Crippen LogP contribution in [-0.2, 0) is 9.59 Å². The number of hydrogen-bond donors (Lipinski definition) is 2. The van der Waals surface area contributed by atoms with E-state index in [9.17, 15) is 19.5 Å². The Morgan fingerprint density at radius 3 is 2.57 bits per heavy atom. The molecule has 110 valence electrons. The Morgan fingerprint density at radius 1 is 1.33 bits per heavy atom. The number of hydrogen-bond acceptors (Lipinski definition) is 6. The summed E-state index contributed by atoms with van der Waals surface area (Å²) in [7, 11) is 0. The molecule has 7 nitrogen and oxygen atoms in total. The lowest BCUT2D eigenvalue weighted by molar-refractivity contribution is -0.124. The molecule has 0 aromatic carbocycles. The number of aromatic carboxylic acids is 1. The van der Waals surface area contributed by atoms with Crippen LogP contribution in [0.2, 0.25) is 0 Å². The van der Waals surface area contributed by atoms with E-state index in [-0.39, 0.29) is 28.8 Å². The summed E-state index contributed by atoms with van der Waals surface area (Å²) in [6, 6.07) is 0. The molecule has 1 aliphatic heterocycles. The average Bonchev–Trinajstić information content (AvgIpc) is 3.16.